The van der Waals surface area contributed by atoms with E-state index in [9.17, 15) is 14.4 Å². The molecule has 1 unspecified atom stereocenters. The van der Waals surface area contributed by atoms with Gasteiger partial charge in [-0.05, 0) is 98.5 Å². The lowest BCUT2D eigenvalue weighted by molar-refractivity contribution is -0.343. The normalized spacial score (nSPS) is 28.6. The van der Waals surface area contributed by atoms with Gasteiger partial charge in [0, 0.05) is 38.5 Å². The number of esters is 4. The molecule has 1 amide bonds. The minimum absolute atomic E-state index is 0.145. The summed E-state index contributed by atoms with van der Waals surface area (Å²) in [6.45, 7) is 32.3. The van der Waals surface area contributed by atoms with Crippen molar-refractivity contribution >= 4 is 61.2 Å². The Kier molecular flexibility index (Phi) is 19.7. The number of hydrogen-bond acceptors (Lipinski definition) is 14. The zero-order valence-electron chi connectivity index (χ0n) is 49.7. The molecule has 3 fully saturated rings. The second-order valence-electron chi connectivity index (χ2n) is 24.7. The smallest absolute Gasteiger partial charge is 0.338 e. The van der Waals surface area contributed by atoms with Crippen LogP contribution in [0, 0.1) is 16.7 Å². The molecule has 18 heteroatoms. The monoisotopic (exact) mass is 1130 g/mol. The molecule has 431 valence electrons. The van der Waals surface area contributed by atoms with Crippen molar-refractivity contribution in [2.45, 2.75) is 232 Å². The number of nitrogens with one attached hydrogen (secondary N) is 1. The number of ether oxygens (including phenoxy) is 5. The molecule has 11 atom stereocenters. The van der Waals surface area contributed by atoms with E-state index in [1.807, 2.05) is 70.4 Å². The second-order valence-corrected chi connectivity index (χ2v) is 36.2. The van der Waals surface area contributed by atoms with E-state index in [2.05, 4.69) is 53.8 Å². The number of carbonyl (C=O) groups excluding carboxylic acids is 6. The minimum atomic E-state index is -2.89. The molecule has 1 heterocycles. The van der Waals surface area contributed by atoms with Gasteiger partial charge in [0.2, 0.25) is 14.9 Å². The summed E-state index contributed by atoms with van der Waals surface area (Å²) >= 11 is 0. The number of fused-ring (bicyclic) bond motifs is 5. The first-order valence-electron chi connectivity index (χ1n) is 28.4. The average molecular weight is 1130 g/mol. The third-order valence-electron chi connectivity index (χ3n) is 18.3. The highest BCUT2D eigenvalue weighted by Gasteiger charge is 2.79. The Balaban J connectivity index is 1.71. The van der Waals surface area contributed by atoms with Crippen LogP contribution in [0.5, 0.6) is 0 Å². The highest BCUT2D eigenvalue weighted by atomic mass is 28.4. The Morgan fingerprint density at radius 3 is 1.96 bits per heavy atom. The van der Waals surface area contributed by atoms with Gasteiger partial charge in [0.05, 0.1) is 35.6 Å². The number of unbranched alkanes of at least 4 members (excludes halogenated alkanes) is 2. The molecule has 4 aliphatic rings. The van der Waals surface area contributed by atoms with Crippen LogP contribution in [0.2, 0.25) is 49.4 Å². The van der Waals surface area contributed by atoms with Gasteiger partial charge in [-0.1, -0.05) is 124 Å². The van der Waals surface area contributed by atoms with Gasteiger partial charge in [0.25, 0.3) is 0 Å². The molecule has 6 rings (SSSR count). The van der Waals surface area contributed by atoms with Crippen molar-refractivity contribution in [3.8, 4) is 0 Å². The molecule has 0 spiro atoms. The zero-order valence-corrected chi connectivity index (χ0v) is 52.7. The van der Waals surface area contributed by atoms with Crippen molar-refractivity contribution < 1.29 is 65.7 Å². The predicted octanol–water partition coefficient (Wildman–Crippen LogP) is 11.3. The Morgan fingerprint density at radius 2 is 1.45 bits per heavy atom. The quantitative estimate of drug-likeness (QED) is 0.0385. The number of amides is 1. The summed E-state index contributed by atoms with van der Waals surface area (Å²) < 4.78 is 55.9. The van der Waals surface area contributed by atoms with Gasteiger partial charge in [-0.2, -0.15) is 0 Å². The average Bonchev–Trinajstić information content (AvgIpc) is 2.82. The lowest BCUT2D eigenvalue weighted by atomic mass is 9.44. The molecule has 2 saturated carbocycles. The maximum absolute atomic E-state index is 16.9. The molecule has 2 aromatic carbocycles. The van der Waals surface area contributed by atoms with Crippen LogP contribution in [0.4, 0.5) is 0 Å². The van der Waals surface area contributed by atoms with Crippen LogP contribution in [0.25, 0.3) is 0 Å². The van der Waals surface area contributed by atoms with E-state index in [1.54, 1.807) is 44.2 Å². The molecule has 1 aliphatic heterocycles. The van der Waals surface area contributed by atoms with E-state index in [-0.39, 0.29) is 37.3 Å². The summed E-state index contributed by atoms with van der Waals surface area (Å²) in [6, 6.07) is 19.0. The highest BCUT2D eigenvalue weighted by Crippen LogP contribution is 2.66. The fourth-order valence-electron chi connectivity index (χ4n) is 12.8. The number of rotatable bonds is 22. The van der Waals surface area contributed by atoms with Crippen molar-refractivity contribution in [1.82, 2.24) is 5.32 Å². The molecule has 1 N–H and O–H groups in total. The first-order valence-corrected chi connectivity index (χ1v) is 36.2. The fraction of sp³-hybridized carbons (Fsp3) is 0.667. The maximum Gasteiger partial charge on any atom is 0.338 e. The van der Waals surface area contributed by atoms with Gasteiger partial charge in [-0.3, -0.25) is 19.2 Å². The van der Waals surface area contributed by atoms with Crippen LogP contribution in [0.15, 0.2) is 71.8 Å². The number of benzene rings is 2. The topological polar surface area (TPSA) is 188 Å². The summed E-state index contributed by atoms with van der Waals surface area (Å²) in [4.78, 5) is 89.6. The highest BCUT2D eigenvalue weighted by molar-refractivity contribution is 6.74. The van der Waals surface area contributed by atoms with Gasteiger partial charge in [0.1, 0.15) is 23.9 Å². The van der Waals surface area contributed by atoms with Gasteiger partial charge in [-0.15, -0.1) is 0 Å². The second kappa shape index (κ2) is 24.4. The third-order valence-corrected chi connectivity index (χ3v) is 28.2. The lowest BCUT2D eigenvalue weighted by Gasteiger charge is -2.69. The number of carbonyl (C=O) groups is 6. The van der Waals surface area contributed by atoms with Crippen molar-refractivity contribution in [2.75, 3.05) is 6.61 Å². The maximum atomic E-state index is 16.9. The molecule has 2 aromatic rings. The summed E-state index contributed by atoms with van der Waals surface area (Å²) in [5.41, 5.74) is -4.86. The molecule has 1 saturated heterocycles. The number of ketones is 1. The predicted molar refractivity (Wildman–Crippen MR) is 305 cm³/mol. The summed E-state index contributed by atoms with van der Waals surface area (Å²) in [5, 5.41) is 2.79. The number of Topliss-reactive ketones (excluding diaryl/α,β-unsaturated/α-hetero) is 1. The van der Waals surface area contributed by atoms with Crippen LogP contribution < -0.4 is 5.32 Å². The van der Waals surface area contributed by atoms with E-state index >= 15 is 14.4 Å². The van der Waals surface area contributed by atoms with Crippen molar-refractivity contribution in [3.63, 3.8) is 0 Å². The minimum Gasteiger partial charge on any atom is -0.456 e. The molecule has 1 radical (unpaired) electrons. The Hall–Kier alpha value is -4.31. The van der Waals surface area contributed by atoms with Crippen LogP contribution in [0.3, 0.4) is 0 Å². The summed E-state index contributed by atoms with van der Waals surface area (Å²) in [5.74, 6) is -4.96. The zero-order chi connectivity index (χ0) is 58.0. The molecular weight excluding hydrogens is 1040 g/mol. The van der Waals surface area contributed by atoms with Gasteiger partial charge < -0.3 is 42.3 Å². The van der Waals surface area contributed by atoms with Crippen LogP contribution >= 0.6 is 0 Å². The molecule has 0 aromatic heterocycles. The third kappa shape index (κ3) is 12.0. The molecule has 3 aliphatic carbocycles. The van der Waals surface area contributed by atoms with E-state index in [0.717, 1.165) is 31.0 Å². The Bertz CT molecular complexity index is 2520. The lowest BCUT2D eigenvalue weighted by Crippen LogP contribution is -2.82. The van der Waals surface area contributed by atoms with Crippen LogP contribution in [-0.2, 0) is 60.9 Å². The van der Waals surface area contributed by atoms with Gasteiger partial charge in [0.15, 0.2) is 40.2 Å². The van der Waals surface area contributed by atoms with Crippen LogP contribution in [0.1, 0.15) is 150 Å². The molecule has 15 nitrogen and oxygen atoms in total. The Labute approximate surface area is 468 Å². The SMILES string of the molecule is CCCCCC(=O)N[C@@H](c1ccccc1)[C@@H](O[Si](C)(C)C(C)(C)C)C(=O)O[C@H]1C[C@@]2(O[Si](C)C)[C@@H](OC(=O)c3ccccc3)[C@H]3[C@](C)(C(=O)[C@H](OC(C)=O)C(=C1C)C2(C)C)[C@@H](O[Si](CC)(CC)CC)CC1OC[C@]13OC(C)=O. The number of hydrogen-bond donors (Lipinski definition) is 1. The largest absolute Gasteiger partial charge is 0.456 e. The van der Waals surface area contributed by atoms with Crippen molar-refractivity contribution in [2.24, 2.45) is 16.7 Å². The van der Waals surface area contributed by atoms with Crippen LogP contribution in [-0.4, -0.2) is 116 Å². The van der Waals surface area contributed by atoms with Crippen molar-refractivity contribution in [3.05, 3.63) is 82.9 Å². The molecule has 78 heavy (non-hydrogen) atoms. The van der Waals surface area contributed by atoms with E-state index in [0.29, 0.717) is 23.1 Å². The van der Waals surface area contributed by atoms with E-state index in [1.165, 1.54) is 13.8 Å². The van der Waals surface area contributed by atoms with Gasteiger partial charge in [-0.25, -0.2) is 9.59 Å². The standard InChI is InChI=1S/C60H90NO14Si3/c1-18-22-25-34-46(64)61-48(41-30-26-23-27-31-41)50(74-77(16,17)56(8,9)10)55(67)70-43-36-60(75-76(14)15)53(71-54(66)42-32-28-24-29-33-42)51-58(13,52(65)49(69-39(6)62)47(38(43)5)57(60,11)12)44(73-78(19-2,20-3)21-4)35-45-59(51,37-68-45)72-40(7)63/h23-24,26-33,43-45,48-51,53H,18-22,25,34-37H2,1-17H3,(H,61,64)/t43-,44-,45?,48-,49+,50+,51-,53-,58+,59-,60+/m0/s1. The molecular formula is C60H90NO14Si3. The summed E-state index contributed by atoms with van der Waals surface area (Å²) in [7, 11) is -7.43. The van der Waals surface area contributed by atoms with Gasteiger partial charge >= 0.3 is 23.9 Å². The summed E-state index contributed by atoms with van der Waals surface area (Å²) in [6.07, 6.45) is -4.78. The van der Waals surface area contributed by atoms with Crippen molar-refractivity contribution in [1.29, 1.82) is 0 Å². The van der Waals surface area contributed by atoms with E-state index in [4.69, 9.17) is 37.0 Å². The fourth-order valence-corrected chi connectivity index (χ4v) is 18.1. The molecule has 2 bridgehead atoms. The first-order chi connectivity index (χ1) is 36.5. The Morgan fingerprint density at radius 1 is 0.846 bits per heavy atom. The van der Waals surface area contributed by atoms with E-state index < -0.39 is 131 Å². The first kappa shape index (κ1) is 62.9.